The number of fused-ring (bicyclic) bond motifs is 1. The molecule has 0 radical (unpaired) electrons. The molecule has 0 fully saturated rings. The summed E-state index contributed by atoms with van der Waals surface area (Å²) in [5.41, 5.74) is 2.17. The summed E-state index contributed by atoms with van der Waals surface area (Å²) in [4.78, 5) is 17.3. The number of rotatable bonds is 6. The van der Waals surface area contributed by atoms with Gasteiger partial charge in [0.2, 0.25) is 11.6 Å². The van der Waals surface area contributed by atoms with Gasteiger partial charge in [0.15, 0.2) is 5.95 Å². The molecule has 29 heavy (non-hydrogen) atoms. The van der Waals surface area contributed by atoms with Gasteiger partial charge in [-0.25, -0.2) is 0 Å². The van der Waals surface area contributed by atoms with Crippen LogP contribution >= 0.6 is 11.8 Å². The maximum absolute atomic E-state index is 13.0. The Morgan fingerprint density at radius 1 is 1.17 bits per heavy atom. The second-order valence-corrected chi connectivity index (χ2v) is 7.48. The number of benzene rings is 2. The second kappa shape index (κ2) is 8.32. The number of carbonyl (C=O) groups is 1. The van der Waals surface area contributed by atoms with Crippen LogP contribution in [0.3, 0.4) is 0 Å². The van der Waals surface area contributed by atoms with Crippen molar-refractivity contribution in [3.05, 3.63) is 66.9 Å². The minimum absolute atomic E-state index is 0.200. The third kappa shape index (κ3) is 3.93. The third-order valence-corrected chi connectivity index (χ3v) is 5.79. The summed E-state index contributed by atoms with van der Waals surface area (Å²) in [7, 11) is 0. The molecule has 4 aromatic rings. The lowest BCUT2D eigenvalue weighted by Gasteiger charge is -2.14. The van der Waals surface area contributed by atoms with Gasteiger partial charge in [-0.1, -0.05) is 31.2 Å². The Bertz CT molecular complexity index is 1140. The van der Waals surface area contributed by atoms with E-state index in [4.69, 9.17) is 4.52 Å². The first kappa shape index (κ1) is 18.9. The van der Waals surface area contributed by atoms with Crippen LogP contribution in [0.2, 0.25) is 0 Å². The lowest BCUT2D eigenvalue weighted by Crippen LogP contribution is -2.36. The van der Waals surface area contributed by atoms with Crippen LogP contribution in [0.4, 0.5) is 5.69 Å². The highest BCUT2D eigenvalue weighted by Crippen LogP contribution is 2.30. The van der Waals surface area contributed by atoms with Crippen LogP contribution in [0.15, 0.2) is 76.4 Å². The zero-order chi connectivity index (χ0) is 20.2. The molecule has 2 aromatic carbocycles. The first-order valence-corrected chi connectivity index (χ1v) is 10.0. The summed E-state index contributed by atoms with van der Waals surface area (Å²) in [6.07, 6.45) is 2.24. The zero-order valence-electron chi connectivity index (χ0n) is 15.6. The van der Waals surface area contributed by atoms with Crippen LogP contribution in [0, 0.1) is 0 Å². The Balaban J connectivity index is 1.59. The van der Waals surface area contributed by atoms with Crippen molar-refractivity contribution in [2.45, 2.75) is 23.6 Å². The van der Waals surface area contributed by atoms with E-state index < -0.39 is 11.2 Å². The molecule has 2 aromatic heterocycles. The number of nitrogens with zero attached hydrogens (tertiary/aromatic N) is 3. The Kier molecular flexibility index (Phi) is 5.44. The largest absolute Gasteiger partial charge is 0.538 e. The highest BCUT2D eigenvalue weighted by atomic mass is 32.2. The van der Waals surface area contributed by atoms with Crippen molar-refractivity contribution in [2.75, 3.05) is 5.32 Å². The third-order valence-electron chi connectivity index (χ3n) is 4.39. The highest BCUT2D eigenvalue weighted by Gasteiger charge is 2.28. The molecule has 7 nitrogen and oxygen atoms in total. The van der Waals surface area contributed by atoms with Crippen molar-refractivity contribution in [1.82, 2.24) is 10.3 Å². The molecule has 0 saturated carbocycles. The molecule has 0 spiro atoms. The lowest BCUT2D eigenvalue weighted by molar-refractivity contribution is -0.705. The van der Waals surface area contributed by atoms with E-state index in [-0.39, 0.29) is 10.9 Å². The van der Waals surface area contributed by atoms with Gasteiger partial charge in [0.1, 0.15) is 0 Å². The molecule has 146 valence electrons. The molecule has 1 amide bonds. The van der Waals surface area contributed by atoms with E-state index in [0.717, 1.165) is 22.7 Å². The van der Waals surface area contributed by atoms with Crippen molar-refractivity contribution >= 4 is 34.3 Å². The first-order valence-electron chi connectivity index (χ1n) is 9.13. The quantitative estimate of drug-likeness (QED) is 0.391. The molecule has 4 rings (SSSR count). The zero-order valence-corrected chi connectivity index (χ0v) is 16.4. The van der Waals surface area contributed by atoms with Crippen LogP contribution in [0.25, 0.3) is 16.6 Å². The fraction of sp³-hybridized carbons (Fsp3) is 0.143. The van der Waals surface area contributed by atoms with Crippen molar-refractivity contribution in [2.24, 2.45) is 0 Å². The Morgan fingerprint density at radius 2 is 2.00 bits per heavy atom. The SMILES string of the molecule is CCC(Sc1c([O-])on[n+]1-c1ccccc1)C(=O)Nc1cccc2ncccc12. The van der Waals surface area contributed by atoms with Gasteiger partial charge in [-0.05, 0) is 47.1 Å². The molecule has 0 aliphatic rings. The number of pyridine rings is 1. The molecule has 0 aliphatic heterocycles. The number of anilines is 1. The average molecular weight is 406 g/mol. The van der Waals surface area contributed by atoms with E-state index in [2.05, 4.69) is 15.6 Å². The summed E-state index contributed by atoms with van der Waals surface area (Å²) >= 11 is 1.14. The topological polar surface area (TPSA) is 95.0 Å². The van der Waals surface area contributed by atoms with Gasteiger partial charge in [-0.3, -0.25) is 9.78 Å². The molecule has 0 aliphatic carbocycles. The highest BCUT2D eigenvalue weighted by molar-refractivity contribution is 8.00. The van der Waals surface area contributed by atoms with E-state index in [0.29, 0.717) is 17.8 Å². The molecule has 0 saturated heterocycles. The molecule has 2 heterocycles. The molecule has 8 heteroatoms. The number of nitrogens with one attached hydrogen (secondary N) is 1. The monoisotopic (exact) mass is 406 g/mol. The first-order chi connectivity index (χ1) is 14.2. The Morgan fingerprint density at radius 3 is 2.79 bits per heavy atom. The maximum Gasteiger partial charge on any atom is 0.298 e. The number of para-hydroxylation sites is 1. The number of hydrogen-bond donors (Lipinski definition) is 1. The van der Waals surface area contributed by atoms with Crippen LogP contribution in [-0.4, -0.2) is 21.4 Å². The van der Waals surface area contributed by atoms with E-state index >= 15 is 0 Å². The van der Waals surface area contributed by atoms with Crippen LogP contribution in [0.1, 0.15) is 13.3 Å². The van der Waals surface area contributed by atoms with Gasteiger partial charge >= 0.3 is 0 Å². The molecule has 1 unspecified atom stereocenters. The van der Waals surface area contributed by atoms with Crippen LogP contribution in [0.5, 0.6) is 5.95 Å². The van der Waals surface area contributed by atoms with E-state index in [1.807, 2.05) is 67.6 Å². The molecule has 1 N–H and O–H groups in total. The van der Waals surface area contributed by atoms with Crippen LogP contribution < -0.4 is 15.1 Å². The minimum Gasteiger partial charge on any atom is -0.538 e. The average Bonchev–Trinajstić information content (AvgIpc) is 3.13. The van der Waals surface area contributed by atoms with E-state index in [9.17, 15) is 9.90 Å². The van der Waals surface area contributed by atoms with E-state index in [1.165, 1.54) is 4.68 Å². The Labute approximate surface area is 171 Å². The van der Waals surface area contributed by atoms with Crippen molar-refractivity contribution < 1.29 is 19.1 Å². The van der Waals surface area contributed by atoms with Crippen molar-refractivity contribution in [3.8, 4) is 11.6 Å². The number of thioether (sulfide) groups is 1. The van der Waals surface area contributed by atoms with Crippen LogP contribution in [-0.2, 0) is 4.79 Å². The van der Waals surface area contributed by atoms with E-state index in [1.54, 1.807) is 6.20 Å². The standard InChI is InChI=1S/C21H18N4O3S/c1-2-18(19(26)23-17-12-6-11-16-15(17)10-7-13-22-16)29-20-21(27)28-24-25(20)14-8-4-3-5-9-14/h3-13,18H,2H2,1H3,(H-,22,23,24,26,27). The summed E-state index contributed by atoms with van der Waals surface area (Å²) in [6, 6.07) is 18.5. The smallest absolute Gasteiger partial charge is 0.298 e. The Hall–Kier alpha value is -3.39. The van der Waals surface area contributed by atoms with Crippen molar-refractivity contribution in [3.63, 3.8) is 0 Å². The predicted octanol–water partition coefficient (Wildman–Crippen LogP) is 3.08. The maximum atomic E-state index is 13.0. The summed E-state index contributed by atoms with van der Waals surface area (Å²) < 4.78 is 6.27. The van der Waals surface area contributed by atoms with Gasteiger partial charge in [0, 0.05) is 23.7 Å². The predicted molar refractivity (Wildman–Crippen MR) is 108 cm³/mol. The molecule has 0 bridgehead atoms. The summed E-state index contributed by atoms with van der Waals surface area (Å²) in [6.45, 7) is 1.90. The lowest BCUT2D eigenvalue weighted by atomic mass is 10.1. The molecular weight excluding hydrogens is 388 g/mol. The summed E-state index contributed by atoms with van der Waals surface area (Å²) in [5.74, 6) is -0.770. The number of carbonyl (C=O) groups excluding carboxylic acids is 1. The molecular formula is C21H18N4O3S. The summed E-state index contributed by atoms with van der Waals surface area (Å²) in [5, 5.41) is 19.6. The fourth-order valence-electron chi connectivity index (χ4n) is 2.95. The minimum atomic E-state index is -0.570. The fourth-order valence-corrected chi connectivity index (χ4v) is 3.93. The normalized spacial score (nSPS) is 12.0. The van der Waals surface area contributed by atoms with Gasteiger partial charge in [0.25, 0.3) is 5.03 Å². The van der Waals surface area contributed by atoms with Gasteiger partial charge in [-0.2, -0.15) is 0 Å². The molecule has 1 atom stereocenters. The van der Waals surface area contributed by atoms with Gasteiger partial charge < -0.3 is 14.9 Å². The number of amides is 1. The van der Waals surface area contributed by atoms with Gasteiger partial charge in [0.05, 0.1) is 21.7 Å². The van der Waals surface area contributed by atoms with Gasteiger partial charge in [-0.15, -0.1) is 0 Å². The second-order valence-electron chi connectivity index (χ2n) is 6.29. The van der Waals surface area contributed by atoms with Crippen molar-refractivity contribution in [1.29, 1.82) is 0 Å². The number of hydrogen-bond acceptors (Lipinski definition) is 6. The number of aromatic nitrogens is 3.